The van der Waals surface area contributed by atoms with Crippen molar-refractivity contribution in [3.8, 4) is 0 Å². The van der Waals surface area contributed by atoms with Crippen LogP contribution in [0.1, 0.15) is 92.1 Å². The molecule has 3 aromatic heterocycles. The molecule has 3 aromatic rings. The Hall–Kier alpha value is -3.43. The van der Waals surface area contributed by atoms with Crippen molar-refractivity contribution in [3.05, 3.63) is 59.8 Å². The van der Waals surface area contributed by atoms with E-state index in [4.69, 9.17) is 4.98 Å². The fourth-order valence-electron chi connectivity index (χ4n) is 5.15. The van der Waals surface area contributed by atoms with E-state index in [2.05, 4.69) is 20.7 Å². The summed E-state index contributed by atoms with van der Waals surface area (Å²) in [7, 11) is 0. The molecule has 0 aromatic carbocycles. The zero-order valence-corrected chi connectivity index (χ0v) is 20.9. The Morgan fingerprint density at radius 1 is 1.11 bits per heavy atom. The molecule has 0 bridgehead atoms. The van der Waals surface area contributed by atoms with Crippen molar-refractivity contribution < 1.29 is 18.4 Å². The molecule has 2 fully saturated rings. The molecular formula is C27H32F2N6O2. The van der Waals surface area contributed by atoms with E-state index in [0.29, 0.717) is 23.7 Å². The van der Waals surface area contributed by atoms with Gasteiger partial charge in [0, 0.05) is 25.5 Å². The molecule has 0 radical (unpaired) electrons. The number of rotatable bonds is 9. The predicted molar refractivity (Wildman–Crippen MR) is 133 cm³/mol. The van der Waals surface area contributed by atoms with Crippen LogP contribution in [-0.4, -0.2) is 37.3 Å². The molecule has 2 aliphatic carbocycles. The van der Waals surface area contributed by atoms with Crippen LogP contribution in [0, 0.1) is 11.8 Å². The van der Waals surface area contributed by atoms with Crippen molar-refractivity contribution in [3.63, 3.8) is 0 Å². The summed E-state index contributed by atoms with van der Waals surface area (Å²) in [6, 6.07) is 6.31. The third-order valence-electron chi connectivity index (χ3n) is 7.34. The monoisotopic (exact) mass is 510 g/mol. The second kappa shape index (κ2) is 10.5. The fourth-order valence-corrected chi connectivity index (χ4v) is 5.15. The zero-order valence-electron chi connectivity index (χ0n) is 20.9. The first kappa shape index (κ1) is 25.2. The summed E-state index contributed by atoms with van der Waals surface area (Å²) in [5.41, 5.74) is 2.30. The molecule has 3 heterocycles. The Balaban J connectivity index is 1.43. The van der Waals surface area contributed by atoms with E-state index in [1.54, 1.807) is 35.1 Å². The number of hydrogen-bond donors (Lipinski definition) is 2. The Labute approximate surface area is 214 Å². The van der Waals surface area contributed by atoms with Crippen LogP contribution in [0.25, 0.3) is 5.65 Å². The van der Waals surface area contributed by atoms with Gasteiger partial charge >= 0.3 is 0 Å². The van der Waals surface area contributed by atoms with Crippen LogP contribution in [-0.2, 0) is 4.79 Å². The fraction of sp³-hybridized carbons (Fsp3) is 0.519. The summed E-state index contributed by atoms with van der Waals surface area (Å²) in [5, 5.41) is 10.7. The lowest BCUT2D eigenvalue weighted by molar-refractivity contribution is -0.122. The number of pyridine rings is 1. The number of fused-ring (bicyclic) bond motifs is 1. The molecule has 0 aliphatic heterocycles. The molecule has 5 rings (SSSR count). The lowest BCUT2D eigenvalue weighted by Crippen LogP contribution is -2.37. The van der Waals surface area contributed by atoms with E-state index in [1.807, 2.05) is 13.0 Å². The van der Waals surface area contributed by atoms with E-state index < -0.39 is 12.0 Å². The molecule has 2 N–H and O–H groups in total. The first-order valence-corrected chi connectivity index (χ1v) is 13.1. The molecule has 8 nitrogen and oxygen atoms in total. The summed E-state index contributed by atoms with van der Waals surface area (Å²) >= 11 is 0. The van der Waals surface area contributed by atoms with E-state index in [1.165, 1.54) is 6.20 Å². The maximum atomic E-state index is 13.9. The zero-order chi connectivity index (χ0) is 26.0. The van der Waals surface area contributed by atoms with E-state index in [-0.39, 0.29) is 55.2 Å². The number of aromatic nitrogens is 4. The summed E-state index contributed by atoms with van der Waals surface area (Å²) < 4.78 is 29.5. The van der Waals surface area contributed by atoms with Crippen molar-refractivity contribution >= 4 is 17.5 Å². The highest BCUT2D eigenvalue weighted by Gasteiger charge is 2.39. The standard InChI is InChI=1S/C27H32F2N6O2/c1-2-5-23(36)33-24(17-7-8-17)19-14-22-32-21(16-35(22)31-15-19)25(18-9-11-27(28,29)12-10-18)34-26(37)20-6-3-4-13-30-20/h3-4,6,13-18,24-25H,2,5,7-12H2,1H3,(H,33,36)(H,34,37)/t24-,25+/m1/s1. The van der Waals surface area contributed by atoms with Gasteiger partial charge in [0.25, 0.3) is 5.91 Å². The second-order valence-electron chi connectivity index (χ2n) is 10.2. The Morgan fingerprint density at radius 3 is 2.54 bits per heavy atom. The van der Waals surface area contributed by atoms with Crippen LogP contribution < -0.4 is 10.6 Å². The van der Waals surface area contributed by atoms with Gasteiger partial charge in [0.15, 0.2) is 5.65 Å². The third-order valence-corrected chi connectivity index (χ3v) is 7.34. The molecule has 0 spiro atoms. The van der Waals surface area contributed by atoms with Gasteiger partial charge in [-0.2, -0.15) is 5.10 Å². The molecule has 2 saturated carbocycles. The first-order chi connectivity index (χ1) is 17.8. The van der Waals surface area contributed by atoms with Crippen LogP contribution in [0.2, 0.25) is 0 Å². The minimum absolute atomic E-state index is 0.0229. The molecule has 0 saturated heterocycles. The number of amides is 2. The molecule has 0 unspecified atom stereocenters. The normalized spacial score (nSPS) is 19.3. The van der Waals surface area contributed by atoms with Crippen LogP contribution in [0.5, 0.6) is 0 Å². The highest BCUT2D eigenvalue weighted by Crippen LogP contribution is 2.42. The van der Waals surface area contributed by atoms with Gasteiger partial charge in [-0.25, -0.2) is 18.3 Å². The van der Waals surface area contributed by atoms with Crippen molar-refractivity contribution in [2.75, 3.05) is 0 Å². The van der Waals surface area contributed by atoms with Crippen LogP contribution in [0.15, 0.2) is 42.9 Å². The van der Waals surface area contributed by atoms with Gasteiger partial charge in [-0.1, -0.05) is 13.0 Å². The number of nitrogens with one attached hydrogen (secondary N) is 2. The van der Waals surface area contributed by atoms with Crippen molar-refractivity contribution in [1.82, 2.24) is 30.2 Å². The second-order valence-corrected chi connectivity index (χ2v) is 10.2. The van der Waals surface area contributed by atoms with Crippen LogP contribution >= 0.6 is 0 Å². The minimum atomic E-state index is -2.68. The quantitative estimate of drug-likeness (QED) is 0.431. The Bertz CT molecular complexity index is 1250. The summed E-state index contributed by atoms with van der Waals surface area (Å²) in [6.07, 6.45) is 8.51. The number of imidazole rings is 1. The number of carbonyl (C=O) groups excluding carboxylic acids is 2. The van der Waals surface area contributed by atoms with E-state index in [9.17, 15) is 18.4 Å². The van der Waals surface area contributed by atoms with Crippen molar-refractivity contribution in [2.45, 2.75) is 76.3 Å². The molecule has 196 valence electrons. The van der Waals surface area contributed by atoms with Gasteiger partial charge in [-0.15, -0.1) is 0 Å². The molecule has 37 heavy (non-hydrogen) atoms. The van der Waals surface area contributed by atoms with Crippen LogP contribution in [0.4, 0.5) is 8.78 Å². The molecule has 10 heteroatoms. The first-order valence-electron chi connectivity index (χ1n) is 13.1. The number of nitrogens with zero attached hydrogens (tertiary/aromatic N) is 4. The Morgan fingerprint density at radius 2 is 1.86 bits per heavy atom. The molecule has 2 amide bonds. The lowest BCUT2D eigenvalue weighted by atomic mass is 9.81. The van der Waals surface area contributed by atoms with E-state index >= 15 is 0 Å². The summed E-state index contributed by atoms with van der Waals surface area (Å²) in [5.74, 6) is -2.84. The number of hydrogen-bond acceptors (Lipinski definition) is 5. The largest absolute Gasteiger partial charge is 0.349 e. The number of alkyl halides is 2. The average molecular weight is 511 g/mol. The van der Waals surface area contributed by atoms with Crippen molar-refractivity contribution in [2.24, 2.45) is 11.8 Å². The van der Waals surface area contributed by atoms with E-state index in [0.717, 1.165) is 24.8 Å². The minimum Gasteiger partial charge on any atom is -0.349 e. The average Bonchev–Trinajstić information content (AvgIpc) is 3.64. The van der Waals surface area contributed by atoms with Gasteiger partial charge in [0.2, 0.25) is 11.8 Å². The topological polar surface area (TPSA) is 101 Å². The number of carbonyl (C=O) groups is 2. The van der Waals surface area contributed by atoms with Crippen molar-refractivity contribution in [1.29, 1.82) is 0 Å². The highest BCUT2D eigenvalue weighted by atomic mass is 19.3. The molecular weight excluding hydrogens is 478 g/mol. The molecule has 2 atom stereocenters. The van der Waals surface area contributed by atoms with Gasteiger partial charge in [-0.3, -0.25) is 14.6 Å². The summed E-state index contributed by atoms with van der Waals surface area (Å²) in [4.78, 5) is 34.2. The predicted octanol–water partition coefficient (Wildman–Crippen LogP) is 4.79. The smallest absolute Gasteiger partial charge is 0.270 e. The SMILES string of the molecule is CCCC(=O)N[C@@H](c1cnn2cc([C@@H](NC(=O)c3ccccn3)C3CCC(F)(F)CC3)nc2c1)C1CC1. The number of halogens is 2. The van der Waals surface area contributed by atoms with Gasteiger partial charge in [0.1, 0.15) is 5.69 Å². The maximum absolute atomic E-state index is 13.9. The third kappa shape index (κ3) is 5.94. The van der Waals surface area contributed by atoms with Gasteiger partial charge in [-0.05, 0) is 67.7 Å². The lowest BCUT2D eigenvalue weighted by Gasteiger charge is -2.33. The highest BCUT2D eigenvalue weighted by molar-refractivity contribution is 5.92. The maximum Gasteiger partial charge on any atom is 0.270 e. The summed E-state index contributed by atoms with van der Waals surface area (Å²) in [6.45, 7) is 1.97. The van der Waals surface area contributed by atoms with Gasteiger partial charge < -0.3 is 10.6 Å². The van der Waals surface area contributed by atoms with Crippen LogP contribution in [0.3, 0.4) is 0 Å². The van der Waals surface area contributed by atoms with Gasteiger partial charge in [0.05, 0.1) is 30.2 Å². The Kier molecular flexibility index (Phi) is 7.17. The molecule has 2 aliphatic rings.